The summed E-state index contributed by atoms with van der Waals surface area (Å²) in [7, 11) is 0. The van der Waals surface area contributed by atoms with Gasteiger partial charge in [-0.2, -0.15) is 0 Å². The molecule has 1 unspecified atom stereocenters. The fourth-order valence-corrected chi connectivity index (χ4v) is 3.30. The standard InChI is InChI=1S/C11H16BrNOS/c1-8-11(12)5-10(15-8)6-13-9-3-2-4-14-7-9/h5,9,13H,2-4,6-7H2,1H3. The summed E-state index contributed by atoms with van der Waals surface area (Å²) in [6, 6.07) is 2.75. The van der Waals surface area contributed by atoms with Crippen LogP contribution in [-0.4, -0.2) is 19.3 Å². The summed E-state index contributed by atoms with van der Waals surface area (Å²) >= 11 is 5.39. The second-order valence-corrected chi connectivity index (χ2v) is 6.11. The van der Waals surface area contributed by atoms with E-state index >= 15 is 0 Å². The van der Waals surface area contributed by atoms with Crippen molar-refractivity contribution in [2.75, 3.05) is 13.2 Å². The van der Waals surface area contributed by atoms with Crippen molar-refractivity contribution in [3.63, 3.8) is 0 Å². The molecule has 2 rings (SSSR count). The van der Waals surface area contributed by atoms with Crippen molar-refractivity contribution < 1.29 is 4.74 Å². The molecule has 0 bridgehead atoms. The van der Waals surface area contributed by atoms with E-state index in [9.17, 15) is 0 Å². The quantitative estimate of drug-likeness (QED) is 0.923. The highest BCUT2D eigenvalue weighted by atomic mass is 79.9. The maximum Gasteiger partial charge on any atom is 0.0619 e. The first-order valence-electron chi connectivity index (χ1n) is 5.31. The van der Waals surface area contributed by atoms with Crippen LogP contribution in [0.1, 0.15) is 22.6 Å². The van der Waals surface area contributed by atoms with E-state index in [-0.39, 0.29) is 0 Å². The van der Waals surface area contributed by atoms with Gasteiger partial charge in [0.25, 0.3) is 0 Å². The molecule has 1 atom stereocenters. The molecule has 4 heteroatoms. The van der Waals surface area contributed by atoms with Gasteiger partial charge in [0.1, 0.15) is 0 Å². The largest absolute Gasteiger partial charge is 0.380 e. The molecule has 0 amide bonds. The summed E-state index contributed by atoms with van der Waals surface area (Å²) in [5, 5.41) is 3.54. The van der Waals surface area contributed by atoms with Crippen molar-refractivity contribution in [3.05, 3.63) is 20.3 Å². The summed E-state index contributed by atoms with van der Waals surface area (Å²) in [5.74, 6) is 0. The van der Waals surface area contributed by atoms with Crippen LogP contribution in [0.5, 0.6) is 0 Å². The molecule has 84 valence electrons. The van der Waals surface area contributed by atoms with Crippen LogP contribution in [0.25, 0.3) is 0 Å². The SMILES string of the molecule is Cc1sc(CNC2CCCOC2)cc1Br. The van der Waals surface area contributed by atoms with Crippen molar-refractivity contribution >= 4 is 27.3 Å². The molecule has 1 aliphatic rings. The monoisotopic (exact) mass is 289 g/mol. The Morgan fingerprint density at radius 2 is 2.53 bits per heavy atom. The minimum atomic E-state index is 0.542. The lowest BCUT2D eigenvalue weighted by atomic mass is 10.1. The van der Waals surface area contributed by atoms with Crippen LogP contribution in [0.4, 0.5) is 0 Å². The van der Waals surface area contributed by atoms with Crippen LogP contribution >= 0.6 is 27.3 Å². The molecule has 2 heterocycles. The van der Waals surface area contributed by atoms with Gasteiger partial charge in [-0.15, -0.1) is 11.3 Å². The summed E-state index contributed by atoms with van der Waals surface area (Å²) in [6.45, 7) is 4.90. The van der Waals surface area contributed by atoms with Gasteiger partial charge in [0.05, 0.1) is 6.61 Å². The van der Waals surface area contributed by atoms with Gasteiger partial charge in [-0.25, -0.2) is 0 Å². The highest BCUT2D eigenvalue weighted by molar-refractivity contribution is 9.10. The predicted octanol–water partition coefficient (Wildman–Crippen LogP) is 3.09. The number of nitrogens with one attached hydrogen (secondary N) is 1. The molecule has 0 aromatic carbocycles. The number of hydrogen-bond donors (Lipinski definition) is 1. The van der Waals surface area contributed by atoms with E-state index in [0.29, 0.717) is 6.04 Å². The molecule has 1 aliphatic heterocycles. The molecule has 0 spiro atoms. The molecule has 0 aliphatic carbocycles. The highest BCUT2D eigenvalue weighted by Gasteiger charge is 2.13. The zero-order valence-corrected chi connectivity index (χ0v) is 11.3. The Bertz CT molecular complexity index is 301. The van der Waals surface area contributed by atoms with E-state index in [0.717, 1.165) is 19.8 Å². The molecule has 0 saturated carbocycles. The molecule has 1 aromatic heterocycles. The Morgan fingerprint density at radius 3 is 3.13 bits per heavy atom. The second kappa shape index (κ2) is 5.43. The minimum absolute atomic E-state index is 0.542. The summed E-state index contributed by atoms with van der Waals surface area (Å²) in [4.78, 5) is 2.75. The fraction of sp³-hybridized carbons (Fsp3) is 0.636. The van der Waals surface area contributed by atoms with Gasteiger partial charge in [-0.3, -0.25) is 0 Å². The van der Waals surface area contributed by atoms with Crippen LogP contribution in [0, 0.1) is 6.92 Å². The normalized spacial score (nSPS) is 21.9. The lowest BCUT2D eigenvalue weighted by Crippen LogP contribution is -2.36. The first-order valence-corrected chi connectivity index (χ1v) is 6.92. The van der Waals surface area contributed by atoms with Gasteiger partial charge < -0.3 is 10.1 Å². The fourth-order valence-electron chi connectivity index (χ4n) is 1.75. The van der Waals surface area contributed by atoms with Gasteiger partial charge in [-0.1, -0.05) is 0 Å². The van der Waals surface area contributed by atoms with Crippen LogP contribution in [0.15, 0.2) is 10.5 Å². The Balaban J connectivity index is 1.81. The van der Waals surface area contributed by atoms with Crippen LogP contribution in [0.2, 0.25) is 0 Å². The summed E-state index contributed by atoms with van der Waals surface area (Å²) in [5.41, 5.74) is 0. The van der Waals surface area contributed by atoms with E-state index in [1.807, 2.05) is 11.3 Å². The van der Waals surface area contributed by atoms with Gasteiger partial charge in [0.2, 0.25) is 0 Å². The number of aryl methyl sites for hydroxylation is 1. The van der Waals surface area contributed by atoms with Crippen molar-refractivity contribution in [2.24, 2.45) is 0 Å². The predicted molar refractivity (Wildman–Crippen MR) is 67.4 cm³/mol. The van der Waals surface area contributed by atoms with E-state index in [1.54, 1.807) is 0 Å². The lowest BCUT2D eigenvalue weighted by Gasteiger charge is -2.22. The first kappa shape index (κ1) is 11.6. The Morgan fingerprint density at radius 1 is 1.67 bits per heavy atom. The van der Waals surface area contributed by atoms with E-state index in [4.69, 9.17) is 4.74 Å². The van der Waals surface area contributed by atoms with Crippen LogP contribution in [0.3, 0.4) is 0 Å². The van der Waals surface area contributed by atoms with Crippen molar-refractivity contribution in [1.29, 1.82) is 0 Å². The van der Waals surface area contributed by atoms with Gasteiger partial charge in [0.15, 0.2) is 0 Å². The average molecular weight is 290 g/mol. The molecule has 1 aromatic rings. The summed E-state index contributed by atoms with van der Waals surface area (Å²) in [6.07, 6.45) is 2.43. The third-order valence-corrected chi connectivity index (χ3v) is 4.77. The van der Waals surface area contributed by atoms with Crippen LogP contribution < -0.4 is 5.32 Å². The zero-order valence-electron chi connectivity index (χ0n) is 8.88. The molecular weight excluding hydrogens is 274 g/mol. The smallest absolute Gasteiger partial charge is 0.0619 e. The van der Waals surface area contributed by atoms with Gasteiger partial charge in [-0.05, 0) is 41.8 Å². The molecule has 1 fully saturated rings. The van der Waals surface area contributed by atoms with Gasteiger partial charge >= 0.3 is 0 Å². The van der Waals surface area contributed by atoms with Crippen molar-refractivity contribution in [3.8, 4) is 0 Å². The second-order valence-electron chi connectivity index (χ2n) is 3.91. The number of ether oxygens (including phenoxy) is 1. The topological polar surface area (TPSA) is 21.3 Å². The molecule has 2 nitrogen and oxygen atoms in total. The van der Waals surface area contributed by atoms with E-state index in [2.05, 4.69) is 34.2 Å². The van der Waals surface area contributed by atoms with Gasteiger partial charge in [0, 0.05) is 33.4 Å². The lowest BCUT2D eigenvalue weighted by molar-refractivity contribution is 0.0700. The highest BCUT2D eigenvalue weighted by Crippen LogP contribution is 2.26. The number of hydrogen-bond acceptors (Lipinski definition) is 3. The van der Waals surface area contributed by atoms with Crippen molar-refractivity contribution in [1.82, 2.24) is 5.32 Å². The van der Waals surface area contributed by atoms with Crippen LogP contribution in [-0.2, 0) is 11.3 Å². The Labute approximate surface area is 103 Å². The Kier molecular flexibility index (Phi) is 4.20. The maximum atomic E-state index is 5.43. The first-order chi connectivity index (χ1) is 7.25. The number of halogens is 1. The minimum Gasteiger partial charge on any atom is -0.380 e. The third-order valence-electron chi connectivity index (χ3n) is 2.63. The number of rotatable bonds is 3. The Hall–Kier alpha value is 0.100. The molecule has 15 heavy (non-hydrogen) atoms. The van der Waals surface area contributed by atoms with E-state index < -0.39 is 0 Å². The number of thiophene rings is 1. The van der Waals surface area contributed by atoms with Crippen molar-refractivity contribution in [2.45, 2.75) is 32.4 Å². The maximum absolute atomic E-state index is 5.43. The molecule has 1 N–H and O–H groups in total. The molecule has 1 saturated heterocycles. The third kappa shape index (κ3) is 3.28. The average Bonchev–Trinajstić information content (AvgIpc) is 2.57. The molecular formula is C11H16BrNOS. The summed E-state index contributed by atoms with van der Waals surface area (Å²) < 4.78 is 6.66. The molecule has 0 radical (unpaired) electrons. The zero-order chi connectivity index (χ0) is 10.7. The van der Waals surface area contributed by atoms with E-state index in [1.165, 1.54) is 27.1 Å².